The molecule has 0 unspecified atom stereocenters. The van der Waals surface area contributed by atoms with Crippen LogP contribution in [0.5, 0.6) is 0 Å². The average molecular weight is 267 g/mol. The predicted molar refractivity (Wildman–Crippen MR) is 74.0 cm³/mol. The van der Waals surface area contributed by atoms with E-state index in [0.717, 1.165) is 6.54 Å². The molecule has 19 heavy (non-hydrogen) atoms. The minimum atomic E-state index is -0.390. The number of rotatable bonds is 8. The van der Waals surface area contributed by atoms with Crippen LogP contribution < -0.4 is 16.0 Å². The molecule has 0 aliphatic heterocycles. The number of aromatic nitrogens is 2. The van der Waals surface area contributed by atoms with Gasteiger partial charge >= 0.3 is 0 Å². The Balaban J connectivity index is 3.04. The summed E-state index contributed by atoms with van der Waals surface area (Å²) in [5.41, 5.74) is 5.24. The number of anilines is 2. The van der Waals surface area contributed by atoms with E-state index < -0.39 is 5.91 Å². The molecule has 0 radical (unpaired) electrons. The van der Waals surface area contributed by atoms with Crippen LogP contribution in [0, 0.1) is 0 Å². The molecule has 0 spiro atoms. The minimum Gasteiger partial charge on any atom is -0.377 e. The molecule has 3 N–H and O–H groups in total. The van der Waals surface area contributed by atoms with Gasteiger partial charge in [0.25, 0.3) is 0 Å². The lowest BCUT2D eigenvalue weighted by molar-refractivity contribution is -0.116. The van der Waals surface area contributed by atoms with E-state index in [0.29, 0.717) is 30.6 Å². The molecule has 0 saturated carbocycles. The number of methoxy groups -OCH3 is 1. The summed E-state index contributed by atoms with van der Waals surface area (Å²) in [6, 6.07) is 1.80. The number of nitrogens with one attached hydrogen (secondary N) is 1. The molecule has 106 valence electrons. The number of likely N-dealkylation sites (N-methyl/N-ethyl adjacent to an activating group) is 1. The van der Waals surface area contributed by atoms with Crippen LogP contribution in [0.2, 0.25) is 0 Å². The van der Waals surface area contributed by atoms with Crippen LogP contribution >= 0.6 is 0 Å². The summed E-state index contributed by atoms with van der Waals surface area (Å²) in [5, 5.41) is 3.13. The molecule has 7 heteroatoms. The van der Waals surface area contributed by atoms with Crippen molar-refractivity contribution < 1.29 is 9.53 Å². The van der Waals surface area contributed by atoms with Crippen LogP contribution in [-0.4, -0.2) is 42.6 Å². The standard InChI is InChI=1S/C12H21N5O2/c1-4-14-10-6-12(16-11(15-10)8-19-3)17(5-2)7-9(13)18/h6H,4-5,7-8H2,1-3H3,(H2,13,18)(H,14,15,16). The highest BCUT2D eigenvalue weighted by atomic mass is 16.5. The van der Waals surface area contributed by atoms with E-state index in [4.69, 9.17) is 10.5 Å². The molecule has 0 aliphatic rings. The summed E-state index contributed by atoms with van der Waals surface area (Å²) >= 11 is 0. The van der Waals surface area contributed by atoms with Gasteiger partial charge in [-0.25, -0.2) is 9.97 Å². The fourth-order valence-corrected chi connectivity index (χ4v) is 1.65. The first-order valence-corrected chi connectivity index (χ1v) is 6.24. The van der Waals surface area contributed by atoms with Crippen molar-refractivity contribution in [1.82, 2.24) is 9.97 Å². The molecule has 0 saturated heterocycles. The third-order valence-electron chi connectivity index (χ3n) is 2.44. The first-order chi connectivity index (χ1) is 9.10. The Morgan fingerprint density at radius 3 is 2.74 bits per heavy atom. The van der Waals surface area contributed by atoms with E-state index in [1.54, 1.807) is 18.1 Å². The van der Waals surface area contributed by atoms with Crippen molar-refractivity contribution in [1.29, 1.82) is 0 Å². The van der Waals surface area contributed by atoms with Crippen LogP contribution in [-0.2, 0) is 16.1 Å². The van der Waals surface area contributed by atoms with Crippen molar-refractivity contribution in [3.8, 4) is 0 Å². The summed E-state index contributed by atoms with van der Waals surface area (Å²) in [5.74, 6) is 1.55. The van der Waals surface area contributed by atoms with E-state index in [1.165, 1.54) is 0 Å². The largest absolute Gasteiger partial charge is 0.377 e. The summed E-state index contributed by atoms with van der Waals surface area (Å²) < 4.78 is 5.05. The van der Waals surface area contributed by atoms with Gasteiger partial charge in [-0.15, -0.1) is 0 Å². The maximum atomic E-state index is 11.1. The molecule has 0 bridgehead atoms. The van der Waals surface area contributed by atoms with E-state index in [2.05, 4.69) is 15.3 Å². The maximum absolute atomic E-state index is 11.1. The molecule has 1 aromatic heterocycles. The molecule has 1 rings (SSSR count). The van der Waals surface area contributed by atoms with Gasteiger partial charge in [-0.1, -0.05) is 0 Å². The number of hydrogen-bond acceptors (Lipinski definition) is 6. The number of amides is 1. The zero-order chi connectivity index (χ0) is 14.3. The third-order valence-corrected chi connectivity index (χ3v) is 2.44. The first kappa shape index (κ1) is 15.2. The molecule has 0 aromatic carbocycles. The Morgan fingerprint density at radius 2 is 2.21 bits per heavy atom. The number of nitrogens with two attached hydrogens (primary N) is 1. The highest BCUT2D eigenvalue weighted by Gasteiger charge is 2.12. The van der Waals surface area contributed by atoms with Crippen molar-refractivity contribution in [2.45, 2.75) is 20.5 Å². The summed E-state index contributed by atoms with van der Waals surface area (Å²) in [6.45, 7) is 5.77. The van der Waals surface area contributed by atoms with Gasteiger partial charge < -0.3 is 20.7 Å². The third kappa shape index (κ3) is 4.70. The average Bonchev–Trinajstić information content (AvgIpc) is 2.36. The summed E-state index contributed by atoms with van der Waals surface area (Å²) in [7, 11) is 1.59. The SMILES string of the molecule is CCNc1cc(N(CC)CC(N)=O)nc(COC)n1. The zero-order valence-electron chi connectivity index (χ0n) is 11.6. The Labute approximate surface area is 113 Å². The van der Waals surface area contributed by atoms with Gasteiger partial charge in [0, 0.05) is 26.3 Å². The Hall–Kier alpha value is -1.89. The predicted octanol–water partition coefficient (Wildman–Crippen LogP) is 0.366. The topological polar surface area (TPSA) is 93.4 Å². The van der Waals surface area contributed by atoms with Crippen LogP contribution in [0.25, 0.3) is 0 Å². The lowest BCUT2D eigenvalue weighted by Gasteiger charge is -2.21. The van der Waals surface area contributed by atoms with Gasteiger partial charge in [-0.05, 0) is 13.8 Å². The monoisotopic (exact) mass is 267 g/mol. The quantitative estimate of drug-likeness (QED) is 0.706. The van der Waals surface area contributed by atoms with Crippen LogP contribution in [0.3, 0.4) is 0 Å². The smallest absolute Gasteiger partial charge is 0.236 e. The van der Waals surface area contributed by atoms with Gasteiger partial charge in [0.2, 0.25) is 5.91 Å². The van der Waals surface area contributed by atoms with Gasteiger partial charge in [-0.3, -0.25) is 4.79 Å². The van der Waals surface area contributed by atoms with Crippen molar-refractivity contribution in [3.05, 3.63) is 11.9 Å². The molecular formula is C12H21N5O2. The van der Waals surface area contributed by atoms with Crippen molar-refractivity contribution >= 4 is 17.5 Å². The molecule has 1 aromatic rings. The van der Waals surface area contributed by atoms with E-state index in [9.17, 15) is 4.79 Å². The number of nitrogens with zero attached hydrogens (tertiary/aromatic N) is 3. The normalized spacial score (nSPS) is 10.3. The van der Waals surface area contributed by atoms with Crippen LogP contribution in [0.4, 0.5) is 11.6 Å². The fourth-order valence-electron chi connectivity index (χ4n) is 1.65. The van der Waals surface area contributed by atoms with Gasteiger partial charge in [0.1, 0.15) is 18.2 Å². The molecular weight excluding hydrogens is 246 g/mol. The molecule has 0 aliphatic carbocycles. The Morgan fingerprint density at radius 1 is 1.47 bits per heavy atom. The van der Waals surface area contributed by atoms with E-state index in [1.807, 2.05) is 13.8 Å². The molecule has 7 nitrogen and oxygen atoms in total. The van der Waals surface area contributed by atoms with Crippen molar-refractivity contribution in [2.75, 3.05) is 37.0 Å². The highest BCUT2D eigenvalue weighted by Crippen LogP contribution is 2.16. The second-order valence-corrected chi connectivity index (χ2v) is 3.97. The second kappa shape index (κ2) is 7.52. The molecule has 0 fully saturated rings. The van der Waals surface area contributed by atoms with E-state index in [-0.39, 0.29) is 6.54 Å². The fraction of sp³-hybridized carbons (Fsp3) is 0.583. The van der Waals surface area contributed by atoms with Crippen LogP contribution in [0.15, 0.2) is 6.07 Å². The molecule has 1 amide bonds. The van der Waals surface area contributed by atoms with Gasteiger partial charge in [0.05, 0.1) is 6.54 Å². The summed E-state index contributed by atoms with van der Waals surface area (Å²) in [4.78, 5) is 21.5. The van der Waals surface area contributed by atoms with Crippen molar-refractivity contribution in [3.63, 3.8) is 0 Å². The number of hydrogen-bond donors (Lipinski definition) is 2. The number of carbonyl (C=O) groups excluding carboxylic acids is 1. The van der Waals surface area contributed by atoms with Gasteiger partial charge in [0.15, 0.2) is 5.82 Å². The number of carbonyl (C=O) groups is 1. The van der Waals surface area contributed by atoms with Crippen molar-refractivity contribution in [2.24, 2.45) is 5.73 Å². The number of ether oxygens (including phenoxy) is 1. The van der Waals surface area contributed by atoms with Crippen LogP contribution in [0.1, 0.15) is 19.7 Å². The Kier molecular flexibility index (Phi) is 6.01. The highest BCUT2D eigenvalue weighted by molar-refractivity contribution is 5.79. The lowest BCUT2D eigenvalue weighted by atomic mass is 10.4. The molecule has 1 heterocycles. The lowest BCUT2D eigenvalue weighted by Crippen LogP contribution is -2.34. The van der Waals surface area contributed by atoms with E-state index >= 15 is 0 Å². The minimum absolute atomic E-state index is 0.130. The Bertz CT molecular complexity index is 400. The van der Waals surface area contributed by atoms with Gasteiger partial charge in [-0.2, -0.15) is 0 Å². The first-order valence-electron chi connectivity index (χ1n) is 6.24. The maximum Gasteiger partial charge on any atom is 0.236 e. The summed E-state index contributed by atoms with van der Waals surface area (Å²) in [6.07, 6.45) is 0. The second-order valence-electron chi connectivity index (χ2n) is 3.97. The number of primary amides is 1. The molecule has 0 atom stereocenters. The zero-order valence-corrected chi connectivity index (χ0v) is 11.6.